The SMILES string of the molecule is COc1nc(-c2cc(F)cc(C(=O)O)c2)[nH]c(=O)n1. The van der Waals surface area contributed by atoms with Crippen molar-refractivity contribution in [2.24, 2.45) is 0 Å². The maximum Gasteiger partial charge on any atom is 0.351 e. The minimum Gasteiger partial charge on any atom is -0.478 e. The van der Waals surface area contributed by atoms with Gasteiger partial charge in [0.1, 0.15) is 11.6 Å². The number of aromatic carboxylic acids is 1. The summed E-state index contributed by atoms with van der Waals surface area (Å²) < 4.78 is 18.0. The number of carbonyl (C=O) groups is 1. The molecule has 2 aromatic rings. The molecule has 0 aliphatic heterocycles. The zero-order valence-electron chi connectivity index (χ0n) is 9.68. The van der Waals surface area contributed by atoms with Crippen molar-refractivity contribution in [3.05, 3.63) is 40.1 Å². The Morgan fingerprint density at radius 1 is 1.37 bits per heavy atom. The van der Waals surface area contributed by atoms with Gasteiger partial charge in [0.15, 0.2) is 0 Å². The standard InChI is InChI=1S/C11H8FN3O4/c1-19-11-14-8(13-10(18)15-11)5-2-6(9(16)17)4-7(12)3-5/h2-4H,1H3,(H,16,17)(H,13,14,15,18). The molecular weight excluding hydrogens is 257 g/mol. The van der Waals surface area contributed by atoms with Gasteiger partial charge in [-0.05, 0) is 18.2 Å². The van der Waals surface area contributed by atoms with Crippen LogP contribution >= 0.6 is 0 Å². The van der Waals surface area contributed by atoms with Crippen LogP contribution in [0.2, 0.25) is 0 Å². The van der Waals surface area contributed by atoms with E-state index in [1.54, 1.807) is 0 Å². The van der Waals surface area contributed by atoms with Crippen LogP contribution in [0, 0.1) is 5.82 Å². The Balaban J connectivity index is 2.61. The number of ether oxygens (including phenoxy) is 1. The van der Waals surface area contributed by atoms with Crippen molar-refractivity contribution in [2.45, 2.75) is 0 Å². The van der Waals surface area contributed by atoms with E-state index < -0.39 is 17.5 Å². The molecule has 0 aliphatic carbocycles. The summed E-state index contributed by atoms with van der Waals surface area (Å²) in [5, 5.41) is 8.84. The van der Waals surface area contributed by atoms with E-state index >= 15 is 0 Å². The summed E-state index contributed by atoms with van der Waals surface area (Å²) in [6, 6.07) is 2.90. The Kier molecular flexibility index (Phi) is 3.23. The number of carboxylic acids is 1. The molecule has 0 radical (unpaired) electrons. The van der Waals surface area contributed by atoms with Gasteiger partial charge in [0.05, 0.1) is 12.7 Å². The average Bonchev–Trinajstić information content (AvgIpc) is 2.37. The number of aromatic amines is 1. The minimum atomic E-state index is -1.29. The molecule has 0 saturated heterocycles. The quantitative estimate of drug-likeness (QED) is 0.845. The lowest BCUT2D eigenvalue weighted by Gasteiger charge is -2.04. The van der Waals surface area contributed by atoms with Crippen LogP contribution in [0.1, 0.15) is 10.4 Å². The first-order valence-electron chi connectivity index (χ1n) is 5.06. The van der Waals surface area contributed by atoms with Crippen molar-refractivity contribution >= 4 is 5.97 Å². The third kappa shape index (κ3) is 2.73. The number of benzene rings is 1. The lowest BCUT2D eigenvalue weighted by Crippen LogP contribution is -2.14. The number of hydrogen-bond acceptors (Lipinski definition) is 5. The molecule has 0 fully saturated rings. The molecule has 7 nitrogen and oxygen atoms in total. The van der Waals surface area contributed by atoms with E-state index in [2.05, 4.69) is 15.0 Å². The molecular formula is C11H8FN3O4. The minimum absolute atomic E-state index is 0.0288. The monoisotopic (exact) mass is 265 g/mol. The zero-order chi connectivity index (χ0) is 14.0. The number of aromatic nitrogens is 3. The van der Waals surface area contributed by atoms with E-state index in [0.717, 1.165) is 12.1 Å². The third-order valence-corrected chi connectivity index (χ3v) is 2.23. The Morgan fingerprint density at radius 3 is 2.74 bits per heavy atom. The Bertz CT molecular complexity index is 699. The number of hydrogen-bond donors (Lipinski definition) is 2. The van der Waals surface area contributed by atoms with Crippen LogP contribution in [0.4, 0.5) is 4.39 Å². The highest BCUT2D eigenvalue weighted by molar-refractivity contribution is 5.89. The summed E-state index contributed by atoms with van der Waals surface area (Å²) in [7, 11) is 1.27. The van der Waals surface area contributed by atoms with Gasteiger partial charge in [-0.1, -0.05) is 0 Å². The fraction of sp³-hybridized carbons (Fsp3) is 0.0909. The van der Waals surface area contributed by atoms with E-state index in [9.17, 15) is 14.0 Å². The van der Waals surface area contributed by atoms with Gasteiger partial charge in [-0.15, -0.1) is 4.98 Å². The highest BCUT2D eigenvalue weighted by atomic mass is 19.1. The number of rotatable bonds is 3. The van der Waals surface area contributed by atoms with Gasteiger partial charge in [-0.2, -0.15) is 4.98 Å². The zero-order valence-corrected chi connectivity index (χ0v) is 9.68. The van der Waals surface area contributed by atoms with Gasteiger partial charge < -0.3 is 9.84 Å². The van der Waals surface area contributed by atoms with Crippen LogP contribution in [0.15, 0.2) is 23.0 Å². The smallest absolute Gasteiger partial charge is 0.351 e. The highest BCUT2D eigenvalue weighted by Gasteiger charge is 2.11. The largest absolute Gasteiger partial charge is 0.478 e. The van der Waals surface area contributed by atoms with Crippen molar-refractivity contribution in [1.29, 1.82) is 0 Å². The van der Waals surface area contributed by atoms with Crippen LogP contribution < -0.4 is 10.4 Å². The molecule has 8 heteroatoms. The number of methoxy groups -OCH3 is 1. The van der Waals surface area contributed by atoms with Gasteiger partial charge in [-0.3, -0.25) is 4.98 Å². The van der Waals surface area contributed by atoms with Crippen molar-refractivity contribution < 1.29 is 19.0 Å². The van der Waals surface area contributed by atoms with Gasteiger partial charge >= 0.3 is 17.7 Å². The van der Waals surface area contributed by atoms with Crippen LogP contribution in [-0.2, 0) is 0 Å². The number of nitrogens with zero attached hydrogens (tertiary/aromatic N) is 2. The van der Waals surface area contributed by atoms with Crippen molar-refractivity contribution in [2.75, 3.05) is 7.11 Å². The second-order valence-corrected chi connectivity index (χ2v) is 3.52. The lowest BCUT2D eigenvalue weighted by atomic mass is 10.1. The van der Waals surface area contributed by atoms with Crippen LogP contribution in [0.3, 0.4) is 0 Å². The summed E-state index contributed by atoms with van der Waals surface area (Å²) in [5.74, 6) is -2.07. The molecule has 98 valence electrons. The molecule has 2 rings (SSSR count). The van der Waals surface area contributed by atoms with E-state index in [0.29, 0.717) is 0 Å². The summed E-state index contributed by atoms with van der Waals surface area (Å²) in [4.78, 5) is 31.6. The molecule has 0 bridgehead atoms. The molecule has 0 amide bonds. The number of halogens is 1. The molecule has 1 aromatic carbocycles. The fourth-order valence-corrected chi connectivity index (χ4v) is 1.44. The second kappa shape index (κ2) is 4.84. The molecule has 2 N–H and O–H groups in total. The Morgan fingerprint density at radius 2 is 2.11 bits per heavy atom. The predicted octanol–water partition coefficient (Wildman–Crippen LogP) is 0.678. The van der Waals surface area contributed by atoms with Gasteiger partial charge in [0.25, 0.3) is 0 Å². The summed E-state index contributed by atoms with van der Waals surface area (Å²) in [6.45, 7) is 0. The molecule has 0 aliphatic rings. The molecule has 0 unspecified atom stereocenters. The normalized spacial score (nSPS) is 10.2. The number of H-pyrrole nitrogens is 1. The molecule has 0 saturated carbocycles. The lowest BCUT2D eigenvalue weighted by molar-refractivity contribution is 0.0696. The van der Waals surface area contributed by atoms with Crippen molar-refractivity contribution in [3.8, 4) is 17.4 Å². The van der Waals surface area contributed by atoms with Crippen LogP contribution in [0.5, 0.6) is 6.01 Å². The first-order valence-corrected chi connectivity index (χ1v) is 5.06. The topological polar surface area (TPSA) is 105 Å². The first kappa shape index (κ1) is 12.7. The van der Waals surface area contributed by atoms with Crippen molar-refractivity contribution in [1.82, 2.24) is 15.0 Å². The average molecular weight is 265 g/mol. The predicted molar refractivity (Wildman–Crippen MR) is 61.6 cm³/mol. The second-order valence-electron chi connectivity index (χ2n) is 3.52. The van der Waals surface area contributed by atoms with E-state index in [-0.39, 0.29) is 23.0 Å². The number of carboxylic acid groups (broad SMARTS) is 1. The molecule has 0 atom stereocenters. The maximum absolute atomic E-state index is 13.3. The maximum atomic E-state index is 13.3. The van der Waals surface area contributed by atoms with E-state index in [1.807, 2.05) is 0 Å². The summed E-state index contributed by atoms with van der Waals surface area (Å²) >= 11 is 0. The van der Waals surface area contributed by atoms with Gasteiger partial charge in [-0.25, -0.2) is 14.0 Å². The third-order valence-electron chi connectivity index (χ3n) is 2.23. The molecule has 0 spiro atoms. The van der Waals surface area contributed by atoms with Crippen LogP contribution in [0.25, 0.3) is 11.4 Å². The summed E-state index contributed by atoms with van der Waals surface area (Å²) in [5.41, 5.74) is -0.883. The molecule has 1 aromatic heterocycles. The van der Waals surface area contributed by atoms with Crippen LogP contribution in [-0.4, -0.2) is 33.1 Å². The van der Waals surface area contributed by atoms with E-state index in [4.69, 9.17) is 9.84 Å². The summed E-state index contributed by atoms with van der Waals surface area (Å²) in [6.07, 6.45) is 0. The van der Waals surface area contributed by atoms with Crippen molar-refractivity contribution in [3.63, 3.8) is 0 Å². The first-order chi connectivity index (χ1) is 8.99. The van der Waals surface area contributed by atoms with Gasteiger partial charge in [0.2, 0.25) is 0 Å². The fourth-order valence-electron chi connectivity index (χ4n) is 1.44. The number of nitrogens with one attached hydrogen (secondary N) is 1. The van der Waals surface area contributed by atoms with E-state index in [1.165, 1.54) is 13.2 Å². The Hall–Kier alpha value is -2.77. The molecule has 19 heavy (non-hydrogen) atoms. The molecule has 1 heterocycles. The highest BCUT2D eigenvalue weighted by Crippen LogP contribution is 2.18. The van der Waals surface area contributed by atoms with Gasteiger partial charge in [0, 0.05) is 5.56 Å². The Labute approximate surface area is 105 Å².